The molecule has 0 bridgehead atoms. The van der Waals surface area contributed by atoms with E-state index in [1.54, 1.807) is 18.2 Å². The molecule has 0 spiro atoms. The molecule has 4 aliphatic rings. The summed E-state index contributed by atoms with van der Waals surface area (Å²) >= 11 is 0. The number of hydrogen-bond donors (Lipinski definition) is 5. The summed E-state index contributed by atoms with van der Waals surface area (Å²) in [6.07, 6.45) is 7.49. The zero-order chi connectivity index (χ0) is 30.2. The highest BCUT2D eigenvalue weighted by atomic mass is 16.2. The third-order valence-corrected chi connectivity index (χ3v) is 9.03. The van der Waals surface area contributed by atoms with Crippen molar-refractivity contribution in [1.29, 1.82) is 0 Å². The molecule has 2 saturated heterocycles. The number of amides is 3. The van der Waals surface area contributed by atoms with Crippen molar-refractivity contribution in [2.24, 2.45) is 5.92 Å². The van der Waals surface area contributed by atoms with E-state index in [2.05, 4.69) is 49.6 Å². The molecule has 3 aromatic rings. The van der Waals surface area contributed by atoms with Crippen LogP contribution in [0.5, 0.6) is 0 Å². The average molecular weight is 597 g/mol. The van der Waals surface area contributed by atoms with Gasteiger partial charge in [-0.05, 0) is 68.4 Å². The lowest BCUT2D eigenvalue weighted by Gasteiger charge is -2.35. The molecule has 2 aliphatic carbocycles. The summed E-state index contributed by atoms with van der Waals surface area (Å²) in [4.78, 5) is 53.0. The molecule has 3 amide bonds. The fourth-order valence-corrected chi connectivity index (χ4v) is 6.09. The topological polar surface area (TPSA) is 159 Å². The fraction of sp³-hybridized carbons (Fsp3) is 0.438. The fourth-order valence-electron chi connectivity index (χ4n) is 6.09. The number of aromatic nitrogens is 3. The van der Waals surface area contributed by atoms with E-state index in [1.807, 2.05) is 6.07 Å². The second kappa shape index (κ2) is 11.8. The van der Waals surface area contributed by atoms with E-state index < -0.39 is 17.9 Å². The second-order valence-electron chi connectivity index (χ2n) is 12.4. The zero-order valence-electron chi connectivity index (χ0n) is 24.3. The van der Waals surface area contributed by atoms with Gasteiger partial charge in [-0.1, -0.05) is 6.07 Å². The minimum absolute atomic E-state index is 0.156. The molecule has 4 heterocycles. The van der Waals surface area contributed by atoms with Gasteiger partial charge in [0.25, 0.3) is 5.91 Å². The number of nitrogens with zero attached hydrogens (tertiary/aromatic N) is 3. The summed E-state index contributed by atoms with van der Waals surface area (Å²) < 4.78 is 2.13. The Morgan fingerprint density at radius 2 is 1.93 bits per heavy atom. The molecule has 44 heavy (non-hydrogen) atoms. The zero-order valence-corrected chi connectivity index (χ0v) is 24.3. The predicted molar refractivity (Wildman–Crippen MR) is 163 cm³/mol. The minimum atomic E-state index is -0.812. The number of aldehydes is 1. The van der Waals surface area contributed by atoms with E-state index >= 15 is 0 Å². The van der Waals surface area contributed by atoms with Crippen molar-refractivity contribution >= 4 is 35.5 Å². The van der Waals surface area contributed by atoms with Gasteiger partial charge in [-0.25, -0.2) is 4.98 Å². The summed E-state index contributed by atoms with van der Waals surface area (Å²) in [6.45, 7) is 2.64. The molecule has 1 atom stereocenters. The summed E-state index contributed by atoms with van der Waals surface area (Å²) in [5.41, 5.74) is 4.39. The van der Waals surface area contributed by atoms with Crippen LogP contribution in [0.1, 0.15) is 76.9 Å². The highest BCUT2D eigenvalue weighted by Gasteiger charge is 2.35. The Bertz CT molecular complexity index is 1610. The van der Waals surface area contributed by atoms with Crippen molar-refractivity contribution in [1.82, 2.24) is 30.7 Å². The van der Waals surface area contributed by atoms with Crippen LogP contribution in [0.25, 0.3) is 11.3 Å². The Kier molecular flexibility index (Phi) is 7.59. The van der Waals surface area contributed by atoms with E-state index in [1.165, 1.54) is 12.8 Å². The molecule has 7 rings (SSSR count). The van der Waals surface area contributed by atoms with Crippen molar-refractivity contribution in [3.05, 3.63) is 59.4 Å². The first-order valence-electron chi connectivity index (χ1n) is 15.4. The van der Waals surface area contributed by atoms with Gasteiger partial charge in [-0.15, -0.1) is 0 Å². The maximum atomic E-state index is 13.0. The number of carbonyl (C=O) groups excluding carboxylic acids is 4. The highest BCUT2D eigenvalue weighted by Crippen LogP contribution is 2.45. The molecule has 2 aromatic heterocycles. The minimum Gasteiger partial charge on any atom is -0.385 e. The molecule has 2 aliphatic heterocycles. The maximum Gasteiger partial charge on any atom is 0.252 e. The third kappa shape index (κ3) is 5.94. The number of imide groups is 1. The molecular formula is C32H36N8O4. The van der Waals surface area contributed by atoms with Gasteiger partial charge in [0.1, 0.15) is 11.9 Å². The Balaban J connectivity index is 0.970. The number of hydrogen-bond acceptors (Lipinski definition) is 9. The molecule has 0 radical (unpaired) electrons. The molecule has 228 valence electrons. The van der Waals surface area contributed by atoms with Crippen molar-refractivity contribution in [2.75, 3.05) is 30.3 Å². The van der Waals surface area contributed by atoms with Crippen molar-refractivity contribution in [2.45, 2.75) is 62.6 Å². The van der Waals surface area contributed by atoms with Crippen LogP contribution in [0.15, 0.2) is 42.6 Å². The summed E-state index contributed by atoms with van der Waals surface area (Å²) in [6, 6.07) is 11.1. The SMILES string of the molecule is O=Cc1ccc(NC[C@H]2C[C@H](n3cc(-c4cccc(NC5CNC5)n4)c(C4CC4)n3)C2)cc1C(=O)NC1CCC(=O)NC1=O. The van der Waals surface area contributed by atoms with Crippen LogP contribution in [-0.4, -0.2) is 70.5 Å². The predicted octanol–water partition coefficient (Wildman–Crippen LogP) is 2.62. The lowest BCUT2D eigenvalue weighted by Crippen LogP contribution is -2.52. The Hall–Kier alpha value is -4.58. The van der Waals surface area contributed by atoms with Crippen LogP contribution in [-0.2, 0) is 9.59 Å². The summed E-state index contributed by atoms with van der Waals surface area (Å²) in [5, 5.41) is 20.1. The molecule has 5 N–H and O–H groups in total. The number of rotatable bonds is 11. The Labute approximate surface area is 254 Å². The summed E-state index contributed by atoms with van der Waals surface area (Å²) in [5.74, 6) is 0.431. The van der Waals surface area contributed by atoms with Crippen LogP contribution >= 0.6 is 0 Å². The molecule has 1 aromatic carbocycles. The largest absolute Gasteiger partial charge is 0.385 e. The average Bonchev–Trinajstić information content (AvgIpc) is 3.74. The van der Waals surface area contributed by atoms with E-state index in [-0.39, 0.29) is 29.9 Å². The van der Waals surface area contributed by atoms with E-state index in [0.29, 0.717) is 30.2 Å². The Morgan fingerprint density at radius 3 is 2.66 bits per heavy atom. The molecule has 4 fully saturated rings. The number of anilines is 2. The maximum absolute atomic E-state index is 13.0. The van der Waals surface area contributed by atoms with Crippen LogP contribution in [0.3, 0.4) is 0 Å². The van der Waals surface area contributed by atoms with Gasteiger partial charge in [-0.2, -0.15) is 5.10 Å². The van der Waals surface area contributed by atoms with Gasteiger partial charge in [0.2, 0.25) is 11.8 Å². The summed E-state index contributed by atoms with van der Waals surface area (Å²) in [7, 11) is 0. The second-order valence-corrected chi connectivity index (χ2v) is 12.4. The number of carbonyl (C=O) groups is 4. The van der Waals surface area contributed by atoms with Crippen LogP contribution in [0, 0.1) is 5.92 Å². The number of benzene rings is 1. The van der Waals surface area contributed by atoms with Crippen molar-refractivity contribution in [3.63, 3.8) is 0 Å². The van der Waals surface area contributed by atoms with Gasteiger partial charge in [0.05, 0.1) is 29.0 Å². The Morgan fingerprint density at radius 1 is 1.09 bits per heavy atom. The normalized spacial score (nSPS) is 23.2. The van der Waals surface area contributed by atoms with Crippen LogP contribution in [0.4, 0.5) is 11.5 Å². The standard InChI is InChI=1S/C32H36N8O4/c41-17-20-6-7-21(12-24(20)31(43)37-27-8-9-29(42)38-32(27)44)34-13-18-10-23(11-18)40-16-25(30(39-40)19-4-5-19)26-2-1-3-28(36-26)35-22-14-33-15-22/h1-3,6-7,12,16-19,22-23,27,33-34H,4-5,8-11,13-15H2,(H,35,36)(H,37,43)(H,38,42,44)/t18-,23-,27?. The lowest BCUT2D eigenvalue weighted by atomic mass is 9.80. The molecule has 12 nitrogen and oxygen atoms in total. The smallest absolute Gasteiger partial charge is 0.252 e. The van der Waals surface area contributed by atoms with Gasteiger partial charge in [0.15, 0.2) is 6.29 Å². The third-order valence-electron chi connectivity index (χ3n) is 9.03. The molecule has 1 unspecified atom stereocenters. The van der Waals surface area contributed by atoms with E-state index in [4.69, 9.17) is 10.1 Å². The van der Waals surface area contributed by atoms with Crippen LogP contribution in [0.2, 0.25) is 0 Å². The van der Waals surface area contributed by atoms with E-state index in [0.717, 1.165) is 60.9 Å². The van der Waals surface area contributed by atoms with Gasteiger partial charge in [-0.3, -0.25) is 29.2 Å². The van der Waals surface area contributed by atoms with Gasteiger partial charge < -0.3 is 21.3 Å². The number of pyridine rings is 1. The van der Waals surface area contributed by atoms with Crippen molar-refractivity contribution < 1.29 is 19.2 Å². The molecule has 12 heteroatoms. The first kappa shape index (κ1) is 28.2. The highest BCUT2D eigenvalue weighted by molar-refractivity contribution is 6.06. The number of nitrogens with one attached hydrogen (secondary N) is 5. The molecule has 2 saturated carbocycles. The lowest BCUT2D eigenvalue weighted by molar-refractivity contribution is -0.134. The van der Waals surface area contributed by atoms with Gasteiger partial charge >= 0.3 is 0 Å². The number of piperidine rings is 1. The van der Waals surface area contributed by atoms with Crippen molar-refractivity contribution in [3.8, 4) is 11.3 Å². The van der Waals surface area contributed by atoms with Gasteiger partial charge in [0, 0.05) is 55.0 Å². The molecular weight excluding hydrogens is 560 g/mol. The van der Waals surface area contributed by atoms with Crippen LogP contribution < -0.4 is 26.6 Å². The van der Waals surface area contributed by atoms with E-state index in [9.17, 15) is 19.2 Å². The monoisotopic (exact) mass is 596 g/mol. The first-order valence-corrected chi connectivity index (χ1v) is 15.4. The quantitative estimate of drug-likeness (QED) is 0.166. The first-order chi connectivity index (χ1) is 21.4.